The molecule has 0 bridgehead atoms. The molecule has 1 aliphatic heterocycles. The second-order valence-electron chi connectivity index (χ2n) is 8.84. The number of nitrogens with zero attached hydrogens (tertiary/aromatic N) is 5. The summed E-state index contributed by atoms with van der Waals surface area (Å²) in [6, 6.07) is 5.52. The number of carbonyl (C=O) groups is 1. The van der Waals surface area contributed by atoms with E-state index in [1.807, 2.05) is 22.5 Å². The molecule has 1 saturated heterocycles. The average Bonchev–Trinajstić information content (AvgIpc) is 3.38. The van der Waals surface area contributed by atoms with Crippen molar-refractivity contribution in [3.8, 4) is 0 Å². The van der Waals surface area contributed by atoms with Gasteiger partial charge in [0, 0.05) is 49.4 Å². The van der Waals surface area contributed by atoms with Gasteiger partial charge in [-0.05, 0) is 37.5 Å². The highest BCUT2D eigenvalue weighted by molar-refractivity contribution is 5.93. The van der Waals surface area contributed by atoms with Crippen LogP contribution in [0.1, 0.15) is 54.7 Å². The fraction of sp³-hybridized carbons (Fsp3) is 0.458. The molecule has 10 heteroatoms. The van der Waals surface area contributed by atoms with Crippen LogP contribution in [0.2, 0.25) is 0 Å². The smallest absolute Gasteiger partial charge is 0.356 e. The van der Waals surface area contributed by atoms with E-state index in [2.05, 4.69) is 25.6 Å². The second-order valence-corrected chi connectivity index (χ2v) is 8.84. The standard InChI is InChI=1S/C24H29N7O3/c1-2-15-13-16-14-26-24(29-21(16)31(22(15)32)17-5-3-4-6-17)28-19-8-7-18(20(27-19)23(33)34)30-11-9-25-10-12-30/h7-8,13-14,17,25H,2-6,9-12H2,1H3,(H,33,34)(H,26,27,28,29). The number of anilines is 3. The summed E-state index contributed by atoms with van der Waals surface area (Å²) < 4.78 is 1.83. The van der Waals surface area contributed by atoms with E-state index in [1.165, 1.54) is 0 Å². The van der Waals surface area contributed by atoms with Crippen molar-refractivity contribution >= 4 is 34.5 Å². The Morgan fingerprint density at radius 3 is 2.68 bits per heavy atom. The molecule has 10 nitrogen and oxygen atoms in total. The van der Waals surface area contributed by atoms with Crippen LogP contribution in [0.3, 0.4) is 0 Å². The molecular weight excluding hydrogens is 434 g/mol. The Morgan fingerprint density at radius 1 is 1.21 bits per heavy atom. The molecule has 1 saturated carbocycles. The minimum Gasteiger partial charge on any atom is -0.476 e. The van der Waals surface area contributed by atoms with Crippen LogP contribution in [0.25, 0.3) is 11.0 Å². The van der Waals surface area contributed by atoms with Crippen molar-refractivity contribution in [3.63, 3.8) is 0 Å². The summed E-state index contributed by atoms with van der Waals surface area (Å²) in [7, 11) is 0. The van der Waals surface area contributed by atoms with E-state index in [-0.39, 0.29) is 23.2 Å². The molecule has 4 heterocycles. The van der Waals surface area contributed by atoms with Gasteiger partial charge in [0.2, 0.25) is 5.95 Å². The summed E-state index contributed by atoms with van der Waals surface area (Å²) in [5, 5.41) is 16.9. The number of fused-ring (bicyclic) bond motifs is 1. The molecule has 0 aromatic carbocycles. The van der Waals surface area contributed by atoms with Gasteiger partial charge in [0.25, 0.3) is 5.56 Å². The summed E-state index contributed by atoms with van der Waals surface area (Å²) >= 11 is 0. The molecule has 2 fully saturated rings. The number of pyridine rings is 2. The lowest BCUT2D eigenvalue weighted by Crippen LogP contribution is -2.44. The molecule has 0 amide bonds. The fourth-order valence-corrected chi connectivity index (χ4v) is 4.95. The number of aromatic carboxylic acids is 1. The molecular formula is C24H29N7O3. The predicted octanol–water partition coefficient (Wildman–Crippen LogP) is 2.72. The van der Waals surface area contributed by atoms with Crippen LogP contribution < -0.4 is 21.1 Å². The lowest BCUT2D eigenvalue weighted by Gasteiger charge is -2.30. The molecule has 3 aromatic rings. The fourth-order valence-electron chi connectivity index (χ4n) is 4.95. The van der Waals surface area contributed by atoms with Crippen molar-refractivity contribution in [2.24, 2.45) is 0 Å². The molecule has 3 N–H and O–H groups in total. The molecule has 2 aliphatic rings. The van der Waals surface area contributed by atoms with Crippen molar-refractivity contribution in [2.45, 2.75) is 45.1 Å². The molecule has 0 unspecified atom stereocenters. The van der Waals surface area contributed by atoms with E-state index in [0.29, 0.717) is 23.6 Å². The highest BCUT2D eigenvalue weighted by Gasteiger charge is 2.23. The Bertz CT molecular complexity index is 1280. The van der Waals surface area contributed by atoms with E-state index in [9.17, 15) is 14.7 Å². The van der Waals surface area contributed by atoms with Gasteiger partial charge in [0.15, 0.2) is 5.69 Å². The molecule has 0 radical (unpaired) electrons. The van der Waals surface area contributed by atoms with Crippen molar-refractivity contribution in [1.29, 1.82) is 0 Å². The van der Waals surface area contributed by atoms with Gasteiger partial charge in [-0.3, -0.25) is 9.36 Å². The van der Waals surface area contributed by atoms with E-state index in [1.54, 1.807) is 18.3 Å². The largest absolute Gasteiger partial charge is 0.476 e. The lowest BCUT2D eigenvalue weighted by molar-refractivity contribution is 0.0691. The summed E-state index contributed by atoms with van der Waals surface area (Å²) in [5.41, 5.74) is 1.96. The van der Waals surface area contributed by atoms with Crippen molar-refractivity contribution in [2.75, 3.05) is 36.4 Å². The zero-order valence-corrected chi connectivity index (χ0v) is 19.3. The number of rotatable bonds is 6. The van der Waals surface area contributed by atoms with Crippen LogP contribution in [0, 0.1) is 0 Å². The zero-order valence-electron chi connectivity index (χ0n) is 19.3. The van der Waals surface area contributed by atoms with Crippen molar-refractivity contribution in [1.82, 2.24) is 24.8 Å². The van der Waals surface area contributed by atoms with Crippen LogP contribution >= 0.6 is 0 Å². The number of carboxylic acid groups (broad SMARTS) is 1. The van der Waals surface area contributed by atoms with Gasteiger partial charge in [0.1, 0.15) is 11.5 Å². The number of hydrogen-bond donors (Lipinski definition) is 3. The minimum absolute atomic E-state index is 0.0110. The minimum atomic E-state index is -1.08. The average molecular weight is 464 g/mol. The third-order valence-corrected chi connectivity index (χ3v) is 6.69. The van der Waals surface area contributed by atoms with Gasteiger partial charge in [-0.2, -0.15) is 4.98 Å². The first-order valence-electron chi connectivity index (χ1n) is 11.9. The van der Waals surface area contributed by atoms with E-state index in [4.69, 9.17) is 0 Å². The van der Waals surface area contributed by atoms with E-state index >= 15 is 0 Å². The molecule has 3 aromatic heterocycles. The van der Waals surface area contributed by atoms with Crippen LogP contribution in [0.5, 0.6) is 0 Å². The molecule has 0 atom stereocenters. The van der Waals surface area contributed by atoms with E-state index < -0.39 is 5.97 Å². The van der Waals surface area contributed by atoms with Crippen molar-refractivity contribution in [3.05, 3.63) is 46.0 Å². The normalized spacial score (nSPS) is 16.8. The Labute approximate surface area is 197 Å². The Hall–Kier alpha value is -3.53. The highest BCUT2D eigenvalue weighted by Crippen LogP contribution is 2.31. The Kier molecular flexibility index (Phi) is 6.14. The van der Waals surface area contributed by atoms with Crippen LogP contribution in [0.4, 0.5) is 17.5 Å². The lowest BCUT2D eigenvalue weighted by atomic mass is 10.1. The first-order chi connectivity index (χ1) is 16.5. The number of aromatic nitrogens is 4. The number of carboxylic acids is 1. The zero-order chi connectivity index (χ0) is 23.7. The topological polar surface area (TPSA) is 125 Å². The maximum atomic E-state index is 13.2. The van der Waals surface area contributed by atoms with Gasteiger partial charge in [0.05, 0.1) is 5.69 Å². The monoisotopic (exact) mass is 463 g/mol. The number of aryl methyl sites for hydroxylation is 1. The molecule has 5 rings (SSSR count). The van der Waals surface area contributed by atoms with Crippen LogP contribution in [-0.2, 0) is 6.42 Å². The summed E-state index contributed by atoms with van der Waals surface area (Å²) in [6.07, 6.45) is 6.50. The Morgan fingerprint density at radius 2 is 1.97 bits per heavy atom. The SMILES string of the molecule is CCc1cc2cnc(Nc3ccc(N4CCNCC4)c(C(=O)O)n3)nc2n(C2CCCC2)c1=O. The Balaban J connectivity index is 1.51. The van der Waals surface area contributed by atoms with E-state index in [0.717, 1.165) is 62.8 Å². The number of nitrogens with one attached hydrogen (secondary N) is 2. The third kappa shape index (κ3) is 4.21. The molecule has 1 aliphatic carbocycles. The molecule has 178 valence electrons. The maximum Gasteiger partial charge on any atom is 0.356 e. The van der Waals surface area contributed by atoms with Gasteiger partial charge >= 0.3 is 5.97 Å². The van der Waals surface area contributed by atoms with Gasteiger partial charge in [-0.15, -0.1) is 0 Å². The van der Waals surface area contributed by atoms with Crippen LogP contribution in [0.15, 0.2) is 29.2 Å². The summed E-state index contributed by atoms with van der Waals surface area (Å²) in [5.74, 6) is -0.462. The van der Waals surface area contributed by atoms with Gasteiger partial charge in [-0.1, -0.05) is 19.8 Å². The number of hydrogen-bond acceptors (Lipinski definition) is 8. The van der Waals surface area contributed by atoms with Gasteiger partial charge < -0.3 is 20.6 Å². The van der Waals surface area contributed by atoms with Gasteiger partial charge in [-0.25, -0.2) is 14.8 Å². The summed E-state index contributed by atoms with van der Waals surface area (Å²) in [4.78, 5) is 40.6. The first kappa shape index (κ1) is 22.3. The maximum absolute atomic E-state index is 13.2. The molecule has 34 heavy (non-hydrogen) atoms. The highest BCUT2D eigenvalue weighted by atomic mass is 16.4. The van der Waals surface area contributed by atoms with Crippen molar-refractivity contribution < 1.29 is 9.90 Å². The molecule has 0 spiro atoms. The second kappa shape index (κ2) is 9.38. The van der Waals surface area contributed by atoms with Crippen LogP contribution in [-0.4, -0.2) is 56.8 Å². The first-order valence-corrected chi connectivity index (χ1v) is 11.9. The number of piperazine rings is 1. The quantitative estimate of drug-likeness (QED) is 0.506. The third-order valence-electron chi connectivity index (χ3n) is 6.69. The predicted molar refractivity (Wildman–Crippen MR) is 130 cm³/mol. The summed E-state index contributed by atoms with van der Waals surface area (Å²) in [6.45, 7) is 5.02.